The summed E-state index contributed by atoms with van der Waals surface area (Å²) in [6.07, 6.45) is -4.44. The van der Waals surface area contributed by atoms with E-state index in [0.29, 0.717) is 0 Å². The average molecular weight is 366 g/mol. The lowest BCUT2D eigenvalue weighted by Crippen LogP contribution is -2.15. The Bertz CT molecular complexity index is 395. The molecule has 0 amide bonds. The first-order valence-corrected chi connectivity index (χ1v) is 5.04. The molecule has 0 spiro atoms. The Balaban J connectivity index is 0.00000225. The highest BCUT2D eigenvalue weighted by atomic mass is 127. The summed E-state index contributed by atoms with van der Waals surface area (Å²) in [4.78, 5) is 11.1. The van der Waals surface area contributed by atoms with Crippen molar-refractivity contribution in [3.63, 3.8) is 0 Å². The number of rotatable bonds is 2. The molecule has 1 aromatic rings. The van der Waals surface area contributed by atoms with Crippen LogP contribution < -0.4 is 5.73 Å². The van der Waals surface area contributed by atoms with Crippen LogP contribution in [-0.2, 0) is 6.18 Å². The lowest BCUT2D eigenvalue weighted by Gasteiger charge is -2.10. The Hall–Kier alpha value is -0.340. The quantitative estimate of drug-likeness (QED) is 0.647. The molecular formula is C9H8ClF3INO. The van der Waals surface area contributed by atoms with Gasteiger partial charge < -0.3 is 5.73 Å². The molecule has 0 saturated heterocycles. The molecule has 0 aliphatic carbocycles. The summed E-state index contributed by atoms with van der Waals surface area (Å²) in [5, 5.41) is 0. The van der Waals surface area contributed by atoms with Gasteiger partial charge in [-0.3, -0.25) is 4.79 Å². The normalized spacial score (nSPS) is 10.8. The highest BCUT2D eigenvalue weighted by molar-refractivity contribution is 14.1. The molecule has 0 saturated carbocycles. The van der Waals surface area contributed by atoms with Crippen LogP contribution in [0.5, 0.6) is 0 Å². The molecule has 0 aliphatic rings. The third kappa shape index (κ3) is 3.60. The minimum Gasteiger partial charge on any atom is -0.324 e. The SMILES string of the molecule is Cl.NCC(=O)c1ccc(I)c(C(F)(F)F)c1. The van der Waals surface area contributed by atoms with Gasteiger partial charge in [-0.05, 0) is 34.7 Å². The van der Waals surface area contributed by atoms with Gasteiger partial charge in [0.2, 0.25) is 0 Å². The van der Waals surface area contributed by atoms with Gasteiger partial charge in [-0.15, -0.1) is 12.4 Å². The summed E-state index contributed by atoms with van der Waals surface area (Å²) < 4.78 is 37.4. The molecule has 0 fully saturated rings. The van der Waals surface area contributed by atoms with Crippen LogP contribution in [0.15, 0.2) is 18.2 Å². The van der Waals surface area contributed by atoms with Crippen LogP contribution in [-0.4, -0.2) is 12.3 Å². The van der Waals surface area contributed by atoms with Crippen LogP contribution in [0.4, 0.5) is 13.2 Å². The largest absolute Gasteiger partial charge is 0.417 e. The molecule has 90 valence electrons. The van der Waals surface area contributed by atoms with Gasteiger partial charge in [-0.1, -0.05) is 6.07 Å². The van der Waals surface area contributed by atoms with Crippen LogP contribution >= 0.6 is 35.0 Å². The zero-order valence-corrected chi connectivity index (χ0v) is 10.8. The van der Waals surface area contributed by atoms with Crippen molar-refractivity contribution in [2.24, 2.45) is 5.73 Å². The van der Waals surface area contributed by atoms with Crippen molar-refractivity contribution in [3.05, 3.63) is 32.9 Å². The highest BCUT2D eigenvalue weighted by Gasteiger charge is 2.33. The molecule has 0 atom stereocenters. The maximum absolute atomic E-state index is 12.4. The number of benzene rings is 1. The van der Waals surface area contributed by atoms with E-state index in [4.69, 9.17) is 5.73 Å². The van der Waals surface area contributed by atoms with E-state index in [1.54, 1.807) is 22.6 Å². The second kappa shape index (κ2) is 5.83. The summed E-state index contributed by atoms with van der Waals surface area (Å²) in [6, 6.07) is 3.43. The van der Waals surface area contributed by atoms with Crippen molar-refractivity contribution in [3.8, 4) is 0 Å². The van der Waals surface area contributed by atoms with Crippen molar-refractivity contribution in [1.29, 1.82) is 0 Å². The number of ketones is 1. The first-order chi connectivity index (χ1) is 6.86. The minimum absolute atomic E-state index is 0. The summed E-state index contributed by atoms with van der Waals surface area (Å²) >= 11 is 1.58. The zero-order valence-electron chi connectivity index (χ0n) is 7.84. The molecule has 0 aliphatic heterocycles. The van der Waals surface area contributed by atoms with Crippen LogP contribution in [0.3, 0.4) is 0 Å². The van der Waals surface area contributed by atoms with Crippen molar-refractivity contribution in [2.45, 2.75) is 6.18 Å². The molecular weight excluding hydrogens is 357 g/mol. The summed E-state index contributed by atoms with van der Waals surface area (Å²) in [5.41, 5.74) is 4.26. The van der Waals surface area contributed by atoms with Gasteiger partial charge in [0.1, 0.15) is 0 Å². The molecule has 1 aromatic carbocycles. The zero-order chi connectivity index (χ0) is 11.6. The first-order valence-electron chi connectivity index (χ1n) is 3.96. The topological polar surface area (TPSA) is 43.1 Å². The van der Waals surface area contributed by atoms with E-state index in [-0.39, 0.29) is 28.1 Å². The van der Waals surface area contributed by atoms with E-state index >= 15 is 0 Å². The van der Waals surface area contributed by atoms with E-state index in [2.05, 4.69) is 0 Å². The number of nitrogens with two attached hydrogens (primary N) is 1. The second-order valence-corrected chi connectivity index (χ2v) is 3.98. The van der Waals surface area contributed by atoms with E-state index in [9.17, 15) is 18.0 Å². The van der Waals surface area contributed by atoms with E-state index < -0.39 is 17.5 Å². The second-order valence-electron chi connectivity index (χ2n) is 2.82. The van der Waals surface area contributed by atoms with E-state index in [1.165, 1.54) is 12.1 Å². The van der Waals surface area contributed by atoms with Crippen LogP contribution in [0.2, 0.25) is 0 Å². The van der Waals surface area contributed by atoms with Gasteiger partial charge in [-0.2, -0.15) is 13.2 Å². The van der Waals surface area contributed by atoms with Gasteiger partial charge in [-0.25, -0.2) is 0 Å². The molecule has 0 aromatic heterocycles. The number of carbonyl (C=O) groups is 1. The third-order valence-electron chi connectivity index (χ3n) is 1.78. The van der Waals surface area contributed by atoms with Crippen molar-refractivity contribution < 1.29 is 18.0 Å². The predicted octanol–water partition coefficient (Wildman–Crippen LogP) is 2.87. The standard InChI is InChI=1S/C9H7F3INO.ClH/c10-9(11,12)6-3-5(8(15)4-14)1-2-7(6)13;/h1-3H,4,14H2;1H. The Morgan fingerprint density at radius 1 is 1.38 bits per heavy atom. The van der Waals surface area contributed by atoms with Gasteiger partial charge in [0, 0.05) is 9.13 Å². The number of Topliss-reactive ketones (excluding diaryl/α,β-unsaturated/α-hetero) is 1. The predicted molar refractivity (Wildman–Crippen MR) is 64.8 cm³/mol. The van der Waals surface area contributed by atoms with Gasteiger partial charge in [0.05, 0.1) is 12.1 Å². The smallest absolute Gasteiger partial charge is 0.324 e. The molecule has 0 unspecified atom stereocenters. The van der Waals surface area contributed by atoms with Crippen molar-refractivity contribution in [2.75, 3.05) is 6.54 Å². The van der Waals surface area contributed by atoms with Crippen LogP contribution in [0.1, 0.15) is 15.9 Å². The number of halogens is 5. The fourth-order valence-electron chi connectivity index (χ4n) is 1.03. The average Bonchev–Trinajstić information content (AvgIpc) is 2.15. The molecule has 7 heteroatoms. The number of carbonyl (C=O) groups excluding carboxylic acids is 1. The summed E-state index contributed by atoms with van der Waals surface area (Å²) in [6.45, 7) is -0.294. The number of alkyl halides is 3. The molecule has 0 bridgehead atoms. The number of hydrogen-bond donors (Lipinski definition) is 1. The maximum atomic E-state index is 12.4. The molecule has 1 rings (SSSR count). The van der Waals surface area contributed by atoms with Gasteiger partial charge in [0.15, 0.2) is 5.78 Å². The summed E-state index contributed by atoms with van der Waals surface area (Å²) in [5.74, 6) is -0.503. The van der Waals surface area contributed by atoms with Gasteiger partial charge >= 0.3 is 6.18 Å². The molecule has 0 heterocycles. The Morgan fingerprint density at radius 2 is 1.94 bits per heavy atom. The van der Waals surface area contributed by atoms with Crippen molar-refractivity contribution in [1.82, 2.24) is 0 Å². The van der Waals surface area contributed by atoms with Crippen molar-refractivity contribution >= 4 is 40.8 Å². The van der Waals surface area contributed by atoms with Crippen LogP contribution in [0.25, 0.3) is 0 Å². The lowest BCUT2D eigenvalue weighted by atomic mass is 10.1. The highest BCUT2D eigenvalue weighted by Crippen LogP contribution is 2.33. The molecule has 2 N–H and O–H groups in total. The van der Waals surface area contributed by atoms with E-state index in [0.717, 1.165) is 6.07 Å². The van der Waals surface area contributed by atoms with Crippen LogP contribution in [0, 0.1) is 3.57 Å². The molecule has 16 heavy (non-hydrogen) atoms. The monoisotopic (exact) mass is 365 g/mol. The third-order valence-corrected chi connectivity index (χ3v) is 2.72. The Morgan fingerprint density at radius 3 is 2.38 bits per heavy atom. The fraction of sp³-hybridized carbons (Fsp3) is 0.222. The Kier molecular flexibility index (Phi) is 5.71. The Labute approximate surface area is 110 Å². The summed E-state index contributed by atoms with van der Waals surface area (Å²) in [7, 11) is 0. The molecule has 0 radical (unpaired) electrons. The maximum Gasteiger partial charge on any atom is 0.417 e. The van der Waals surface area contributed by atoms with Gasteiger partial charge in [0.25, 0.3) is 0 Å². The number of hydrogen-bond acceptors (Lipinski definition) is 2. The minimum atomic E-state index is -4.44. The van der Waals surface area contributed by atoms with E-state index in [1.807, 2.05) is 0 Å². The first kappa shape index (κ1) is 15.7. The molecule has 2 nitrogen and oxygen atoms in total. The lowest BCUT2D eigenvalue weighted by molar-refractivity contribution is -0.138. The fourth-order valence-corrected chi connectivity index (χ4v) is 1.68.